The minimum Gasteiger partial charge on any atom is -0.483 e. The van der Waals surface area contributed by atoms with Gasteiger partial charge < -0.3 is 10.1 Å². The van der Waals surface area contributed by atoms with Crippen LogP contribution in [-0.2, 0) is 4.79 Å². The number of amides is 1. The first-order valence-electron chi connectivity index (χ1n) is 6.82. The van der Waals surface area contributed by atoms with Gasteiger partial charge in [0.25, 0.3) is 5.91 Å². The number of ketones is 1. The molecule has 0 bridgehead atoms. The molecule has 4 nitrogen and oxygen atoms in total. The third-order valence-corrected chi connectivity index (χ3v) is 3.53. The molecule has 0 spiro atoms. The van der Waals surface area contributed by atoms with Crippen molar-refractivity contribution < 1.29 is 27.5 Å². The first kappa shape index (κ1) is 16.3. The van der Waals surface area contributed by atoms with Gasteiger partial charge in [-0.25, -0.2) is 0 Å². The fraction of sp³-hybridized carbons (Fsp3) is 0.467. The summed E-state index contributed by atoms with van der Waals surface area (Å²) in [5.74, 6) is -0.635. The van der Waals surface area contributed by atoms with Crippen molar-refractivity contribution in [3.8, 4) is 5.75 Å². The monoisotopic (exact) mass is 315 g/mol. The molecular formula is C15H16F3NO3. The molecule has 0 saturated carbocycles. The van der Waals surface area contributed by atoms with E-state index < -0.39 is 25.2 Å². The Labute approximate surface area is 125 Å². The maximum absolute atomic E-state index is 12.0. The Morgan fingerprint density at radius 3 is 2.73 bits per heavy atom. The Hall–Kier alpha value is -2.05. The lowest BCUT2D eigenvalue weighted by atomic mass is 9.97. The standard InChI is InChI=1S/C15H16F3NO3/c1-8-3-4-11(14-10(20)5-9(2)13(8)14)22-6-12(21)19-7-15(16,17)18/h3-4,9H,5-7H2,1-2H3,(H,19,21)/t9-/m1/s1. The first-order valence-corrected chi connectivity index (χ1v) is 6.82. The number of alkyl halides is 3. The van der Waals surface area contributed by atoms with Gasteiger partial charge in [0.1, 0.15) is 12.3 Å². The molecule has 1 aromatic rings. The van der Waals surface area contributed by atoms with Gasteiger partial charge in [0.15, 0.2) is 12.4 Å². The van der Waals surface area contributed by atoms with Crippen LogP contribution in [0.5, 0.6) is 5.75 Å². The summed E-state index contributed by atoms with van der Waals surface area (Å²) in [6.45, 7) is 1.84. The summed E-state index contributed by atoms with van der Waals surface area (Å²) < 4.78 is 41.2. The van der Waals surface area contributed by atoms with E-state index in [-0.39, 0.29) is 17.5 Å². The van der Waals surface area contributed by atoms with E-state index in [2.05, 4.69) is 0 Å². The number of carbonyl (C=O) groups is 2. The van der Waals surface area contributed by atoms with E-state index in [1.165, 1.54) is 0 Å². The van der Waals surface area contributed by atoms with Crippen molar-refractivity contribution in [1.82, 2.24) is 5.32 Å². The van der Waals surface area contributed by atoms with E-state index in [1.54, 1.807) is 17.4 Å². The van der Waals surface area contributed by atoms with Crippen molar-refractivity contribution >= 4 is 11.7 Å². The van der Waals surface area contributed by atoms with Crippen LogP contribution in [0, 0.1) is 6.92 Å². The summed E-state index contributed by atoms with van der Waals surface area (Å²) in [6.07, 6.45) is -4.09. The molecule has 0 unspecified atom stereocenters. The molecule has 1 aromatic carbocycles. The van der Waals surface area contributed by atoms with Crippen molar-refractivity contribution in [3.63, 3.8) is 0 Å². The first-order chi connectivity index (χ1) is 10.2. The second-order valence-electron chi connectivity index (χ2n) is 5.38. The van der Waals surface area contributed by atoms with Crippen LogP contribution in [0.25, 0.3) is 0 Å². The molecular weight excluding hydrogens is 299 g/mol. The number of hydrogen-bond donors (Lipinski definition) is 1. The van der Waals surface area contributed by atoms with E-state index in [4.69, 9.17) is 4.74 Å². The van der Waals surface area contributed by atoms with Crippen LogP contribution in [0.2, 0.25) is 0 Å². The molecule has 0 heterocycles. The molecule has 7 heteroatoms. The molecule has 22 heavy (non-hydrogen) atoms. The van der Waals surface area contributed by atoms with Gasteiger partial charge in [-0.05, 0) is 30.0 Å². The fourth-order valence-electron chi connectivity index (χ4n) is 2.62. The predicted molar refractivity (Wildman–Crippen MR) is 73.1 cm³/mol. The minimum atomic E-state index is -4.47. The molecule has 0 aromatic heterocycles. The molecule has 120 valence electrons. The summed E-state index contributed by atoms with van der Waals surface area (Å²) in [5, 5.41) is 1.72. The van der Waals surface area contributed by atoms with Crippen molar-refractivity contribution in [2.24, 2.45) is 0 Å². The van der Waals surface area contributed by atoms with Crippen molar-refractivity contribution in [1.29, 1.82) is 0 Å². The third-order valence-electron chi connectivity index (χ3n) is 3.53. The number of carbonyl (C=O) groups excluding carboxylic acids is 2. The maximum Gasteiger partial charge on any atom is 0.405 e. The van der Waals surface area contributed by atoms with Crippen molar-refractivity contribution in [3.05, 3.63) is 28.8 Å². The second kappa shape index (κ2) is 5.98. The van der Waals surface area contributed by atoms with Gasteiger partial charge in [-0.2, -0.15) is 13.2 Å². The van der Waals surface area contributed by atoms with Gasteiger partial charge in [0, 0.05) is 6.42 Å². The smallest absolute Gasteiger partial charge is 0.405 e. The fourth-order valence-corrected chi connectivity index (χ4v) is 2.62. The van der Waals surface area contributed by atoms with E-state index in [0.29, 0.717) is 12.0 Å². The normalized spacial score (nSPS) is 17.3. The van der Waals surface area contributed by atoms with Crippen LogP contribution in [0.15, 0.2) is 12.1 Å². The highest BCUT2D eigenvalue weighted by atomic mass is 19.4. The average molecular weight is 315 g/mol. The zero-order valence-electron chi connectivity index (χ0n) is 12.2. The van der Waals surface area contributed by atoms with Crippen molar-refractivity contribution in [2.45, 2.75) is 32.4 Å². The number of hydrogen-bond acceptors (Lipinski definition) is 3. The average Bonchev–Trinajstić information content (AvgIpc) is 2.71. The van der Waals surface area contributed by atoms with E-state index in [0.717, 1.165) is 11.1 Å². The number of Topliss-reactive ketones (excluding diaryl/α,β-unsaturated/α-hetero) is 1. The summed E-state index contributed by atoms with van der Waals surface area (Å²) in [6, 6.07) is 3.35. The van der Waals surface area contributed by atoms with E-state index in [1.807, 2.05) is 13.8 Å². The van der Waals surface area contributed by atoms with E-state index in [9.17, 15) is 22.8 Å². The summed E-state index contributed by atoms with van der Waals surface area (Å²) >= 11 is 0. The second-order valence-corrected chi connectivity index (χ2v) is 5.38. The molecule has 0 fully saturated rings. The summed E-state index contributed by atoms with van der Waals surface area (Å²) in [4.78, 5) is 23.4. The van der Waals surface area contributed by atoms with Crippen LogP contribution < -0.4 is 10.1 Å². The third kappa shape index (κ3) is 3.58. The van der Waals surface area contributed by atoms with Gasteiger partial charge in [0.05, 0.1) is 5.56 Å². The minimum absolute atomic E-state index is 0.0723. The molecule has 1 aliphatic carbocycles. The highest BCUT2D eigenvalue weighted by molar-refractivity contribution is 6.04. The Kier molecular flexibility index (Phi) is 4.44. The molecule has 1 aliphatic rings. The zero-order chi connectivity index (χ0) is 16.5. The number of halogens is 3. The Bertz CT molecular complexity index is 611. The number of fused-ring (bicyclic) bond motifs is 1. The largest absolute Gasteiger partial charge is 0.483 e. The quantitative estimate of drug-likeness (QED) is 0.929. The maximum atomic E-state index is 12.0. The van der Waals surface area contributed by atoms with Crippen LogP contribution in [0.3, 0.4) is 0 Å². The van der Waals surface area contributed by atoms with Gasteiger partial charge in [-0.3, -0.25) is 9.59 Å². The molecule has 0 radical (unpaired) electrons. The number of benzene rings is 1. The molecule has 0 aliphatic heterocycles. The molecule has 1 amide bonds. The lowest BCUT2D eigenvalue weighted by molar-refractivity contribution is -0.139. The van der Waals surface area contributed by atoms with Crippen molar-refractivity contribution in [2.75, 3.05) is 13.2 Å². The Morgan fingerprint density at radius 2 is 2.09 bits per heavy atom. The van der Waals surface area contributed by atoms with Gasteiger partial charge >= 0.3 is 6.18 Å². The van der Waals surface area contributed by atoms with Gasteiger partial charge in [0.2, 0.25) is 0 Å². The highest BCUT2D eigenvalue weighted by Crippen LogP contribution is 2.40. The zero-order valence-corrected chi connectivity index (χ0v) is 12.2. The predicted octanol–water partition coefficient (Wildman–Crippen LogP) is 2.74. The number of nitrogens with one attached hydrogen (secondary N) is 1. The van der Waals surface area contributed by atoms with Gasteiger partial charge in [-0.15, -0.1) is 0 Å². The van der Waals surface area contributed by atoms with Crippen LogP contribution in [-0.4, -0.2) is 31.0 Å². The van der Waals surface area contributed by atoms with Gasteiger partial charge in [-0.1, -0.05) is 13.0 Å². The van der Waals surface area contributed by atoms with Crippen LogP contribution in [0.4, 0.5) is 13.2 Å². The Morgan fingerprint density at radius 1 is 1.41 bits per heavy atom. The number of rotatable bonds is 4. The topological polar surface area (TPSA) is 55.4 Å². The molecule has 1 atom stereocenters. The molecule has 0 saturated heterocycles. The van der Waals surface area contributed by atoms with Crippen LogP contribution in [0.1, 0.15) is 40.7 Å². The van der Waals surface area contributed by atoms with Crippen LogP contribution >= 0.6 is 0 Å². The SMILES string of the molecule is Cc1ccc(OCC(=O)NCC(F)(F)F)c2c1[C@H](C)CC2=O. The summed E-state index contributed by atoms with van der Waals surface area (Å²) in [7, 11) is 0. The lowest BCUT2D eigenvalue weighted by Crippen LogP contribution is -2.36. The highest BCUT2D eigenvalue weighted by Gasteiger charge is 2.31. The number of ether oxygens (including phenoxy) is 1. The molecule has 1 N–H and O–H groups in total. The Balaban J connectivity index is 2.06. The number of aryl methyl sites for hydroxylation is 1. The van der Waals surface area contributed by atoms with E-state index >= 15 is 0 Å². The lowest BCUT2D eigenvalue weighted by Gasteiger charge is -2.13. The summed E-state index contributed by atoms with van der Waals surface area (Å²) in [5.41, 5.74) is 2.29. The molecule has 2 rings (SSSR count).